The van der Waals surface area contributed by atoms with Crippen LogP contribution in [-0.4, -0.2) is 36.6 Å². The molecule has 2 aromatic rings. The Morgan fingerprint density at radius 2 is 2.24 bits per heavy atom. The summed E-state index contributed by atoms with van der Waals surface area (Å²) in [6, 6.07) is 5.27. The summed E-state index contributed by atoms with van der Waals surface area (Å²) in [5.74, 6) is 0.671. The molecular weight excluding hydrogens is 272 g/mol. The van der Waals surface area contributed by atoms with Gasteiger partial charge in [0.25, 0.3) is 11.7 Å². The van der Waals surface area contributed by atoms with E-state index in [0.717, 1.165) is 32.5 Å². The number of para-hydroxylation sites is 1. The number of nitrogens with one attached hydrogen (secondary N) is 1. The summed E-state index contributed by atoms with van der Waals surface area (Å²) in [4.78, 5) is 17.0. The van der Waals surface area contributed by atoms with Crippen molar-refractivity contribution < 1.29 is 9.34 Å². The van der Waals surface area contributed by atoms with Gasteiger partial charge in [-0.1, -0.05) is 6.07 Å². The molecule has 1 aliphatic rings. The molecule has 1 saturated heterocycles. The third-order valence-corrected chi connectivity index (χ3v) is 3.96. The van der Waals surface area contributed by atoms with E-state index in [0.29, 0.717) is 23.0 Å². The van der Waals surface area contributed by atoms with E-state index in [4.69, 9.17) is 4.42 Å². The number of fused-ring (bicyclic) bond motifs is 1. The summed E-state index contributed by atoms with van der Waals surface area (Å²) in [6.45, 7) is 2.76. The number of hydrogen-bond donors (Lipinski definition) is 1. The zero-order chi connectivity index (χ0) is 14.8. The van der Waals surface area contributed by atoms with E-state index >= 15 is 0 Å². The molecule has 0 bridgehead atoms. The van der Waals surface area contributed by atoms with Gasteiger partial charge in [0.15, 0.2) is 11.1 Å². The molecule has 2 heterocycles. The second-order valence-corrected chi connectivity index (χ2v) is 5.37. The van der Waals surface area contributed by atoms with Crippen LogP contribution in [-0.2, 0) is 0 Å². The summed E-state index contributed by atoms with van der Waals surface area (Å²) in [5.41, 5.74) is 0.791. The minimum absolute atomic E-state index is 0.00688. The lowest BCUT2D eigenvalue weighted by Crippen LogP contribution is -2.36. The highest BCUT2D eigenvalue weighted by Gasteiger charge is 2.24. The Bertz CT molecular complexity index is 647. The van der Waals surface area contributed by atoms with Gasteiger partial charge in [0.1, 0.15) is 0 Å². The molecule has 0 saturated carbocycles. The van der Waals surface area contributed by atoms with Crippen molar-refractivity contribution in [2.75, 3.05) is 31.6 Å². The van der Waals surface area contributed by atoms with E-state index in [9.17, 15) is 10.1 Å². The van der Waals surface area contributed by atoms with E-state index in [1.807, 2.05) is 7.05 Å². The van der Waals surface area contributed by atoms with Gasteiger partial charge >= 0.3 is 0 Å². The fourth-order valence-electron chi connectivity index (χ4n) is 2.82. The monoisotopic (exact) mass is 290 g/mol. The summed E-state index contributed by atoms with van der Waals surface area (Å²) < 4.78 is 5.69. The van der Waals surface area contributed by atoms with Crippen molar-refractivity contribution in [2.45, 2.75) is 12.8 Å². The Kier molecular flexibility index (Phi) is 3.74. The zero-order valence-corrected chi connectivity index (χ0v) is 11.9. The largest absolute Gasteiger partial charge is 0.423 e. The minimum atomic E-state index is -0.423. The molecule has 1 N–H and O–H groups in total. The van der Waals surface area contributed by atoms with E-state index in [2.05, 4.69) is 15.2 Å². The van der Waals surface area contributed by atoms with Gasteiger partial charge in [-0.2, -0.15) is 4.98 Å². The number of non-ortho nitro benzene ring substituents is 1. The second kappa shape index (κ2) is 5.69. The van der Waals surface area contributed by atoms with Gasteiger partial charge in [-0.25, -0.2) is 0 Å². The maximum atomic E-state index is 11.0. The molecule has 0 amide bonds. The van der Waals surface area contributed by atoms with Crippen molar-refractivity contribution >= 4 is 22.8 Å². The Labute approximate surface area is 122 Å². The number of hydrogen-bond acceptors (Lipinski definition) is 6. The van der Waals surface area contributed by atoms with Crippen LogP contribution >= 0.6 is 0 Å². The predicted molar refractivity (Wildman–Crippen MR) is 79.5 cm³/mol. The molecule has 21 heavy (non-hydrogen) atoms. The summed E-state index contributed by atoms with van der Waals surface area (Å²) >= 11 is 0. The van der Waals surface area contributed by atoms with Gasteiger partial charge in [-0.3, -0.25) is 10.1 Å². The van der Waals surface area contributed by atoms with Crippen LogP contribution in [0.4, 0.5) is 11.7 Å². The number of benzene rings is 1. The van der Waals surface area contributed by atoms with Crippen molar-refractivity contribution in [3.8, 4) is 0 Å². The van der Waals surface area contributed by atoms with Gasteiger partial charge in [-0.15, -0.1) is 0 Å². The van der Waals surface area contributed by atoms with E-state index in [-0.39, 0.29) is 5.69 Å². The zero-order valence-electron chi connectivity index (χ0n) is 11.9. The van der Waals surface area contributed by atoms with Crippen molar-refractivity contribution in [1.82, 2.24) is 10.3 Å². The Balaban J connectivity index is 1.82. The molecule has 1 fully saturated rings. The molecule has 7 heteroatoms. The number of aromatic nitrogens is 1. The first-order valence-electron chi connectivity index (χ1n) is 7.12. The third kappa shape index (κ3) is 2.69. The topological polar surface area (TPSA) is 84.4 Å². The van der Waals surface area contributed by atoms with E-state index in [1.165, 1.54) is 6.07 Å². The highest BCUT2D eigenvalue weighted by molar-refractivity contribution is 5.84. The number of nitro benzene ring substituents is 1. The lowest BCUT2D eigenvalue weighted by molar-refractivity contribution is -0.383. The van der Waals surface area contributed by atoms with Gasteiger partial charge in [-0.05, 0) is 38.4 Å². The van der Waals surface area contributed by atoms with Crippen molar-refractivity contribution in [1.29, 1.82) is 0 Å². The lowest BCUT2D eigenvalue weighted by atomic mass is 9.97. The number of nitrogens with zero attached hydrogens (tertiary/aromatic N) is 3. The maximum Gasteiger partial charge on any atom is 0.298 e. The number of rotatable bonds is 4. The SMILES string of the molecule is CNCC1CCN(c2nc3c([N+](=O)[O-])cccc3o2)CC1. The van der Waals surface area contributed by atoms with Crippen molar-refractivity contribution in [3.63, 3.8) is 0 Å². The smallest absolute Gasteiger partial charge is 0.298 e. The summed E-state index contributed by atoms with van der Waals surface area (Å²) in [7, 11) is 1.96. The molecule has 0 aliphatic carbocycles. The minimum Gasteiger partial charge on any atom is -0.423 e. The van der Waals surface area contributed by atoms with Crippen LogP contribution in [0.15, 0.2) is 22.6 Å². The van der Waals surface area contributed by atoms with Crippen LogP contribution in [0, 0.1) is 16.0 Å². The number of piperidine rings is 1. The van der Waals surface area contributed by atoms with Crippen LogP contribution < -0.4 is 10.2 Å². The first-order chi connectivity index (χ1) is 10.2. The molecular formula is C14H18N4O3. The van der Waals surface area contributed by atoms with Gasteiger partial charge < -0.3 is 14.6 Å². The third-order valence-electron chi connectivity index (χ3n) is 3.96. The fourth-order valence-corrected chi connectivity index (χ4v) is 2.82. The molecule has 1 aromatic heterocycles. The molecule has 3 rings (SSSR count). The maximum absolute atomic E-state index is 11.0. The highest BCUT2D eigenvalue weighted by Crippen LogP contribution is 2.30. The first kappa shape index (κ1) is 13.8. The predicted octanol–water partition coefficient (Wildman–Crippen LogP) is 2.17. The second-order valence-electron chi connectivity index (χ2n) is 5.37. The average molecular weight is 290 g/mol. The fraction of sp³-hybridized carbons (Fsp3) is 0.500. The normalized spacial score (nSPS) is 16.5. The number of oxazole rings is 1. The number of nitro groups is 1. The molecule has 112 valence electrons. The Hall–Kier alpha value is -2.15. The first-order valence-corrected chi connectivity index (χ1v) is 7.12. The van der Waals surface area contributed by atoms with E-state index in [1.54, 1.807) is 12.1 Å². The summed E-state index contributed by atoms with van der Waals surface area (Å²) in [6.07, 6.45) is 2.14. The quantitative estimate of drug-likeness (QED) is 0.686. The van der Waals surface area contributed by atoms with Gasteiger partial charge in [0.2, 0.25) is 0 Å². The molecule has 0 radical (unpaired) electrons. The van der Waals surface area contributed by atoms with Crippen LogP contribution in [0.5, 0.6) is 0 Å². The van der Waals surface area contributed by atoms with Crippen molar-refractivity contribution in [3.05, 3.63) is 28.3 Å². The van der Waals surface area contributed by atoms with Crippen LogP contribution in [0.2, 0.25) is 0 Å². The molecule has 0 atom stereocenters. The highest BCUT2D eigenvalue weighted by atomic mass is 16.6. The molecule has 1 aromatic carbocycles. The Morgan fingerprint density at radius 1 is 1.48 bits per heavy atom. The van der Waals surface area contributed by atoms with Crippen LogP contribution in [0.25, 0.3) is 11.1 Å². The average Bonchev–Trinajstić information content (AvgIpc) is 2.92. The number of anilines is 1. The summed E-state index contributed by atoms with van der Waals surface area (Å²) in [5, 5.41) is 14.2. The van der Waals surface area contributed by atoms with Crippen molar-refractivity contribution in [2.24, 2.45) is 5.92 Å². The lowest BCUT2D eigenvalue weighted by Gasteiger charge is -2.30. The van der Waals surface area contributed by atoms with E-state index < -0.39 is 4.92 Å². The molecule has 1 aliphatic heterocycles. The van der Waals surface area contributed by atoms with Crippen LogP contribution in [0.3, 0.4) is 0 Å². The van der Waals surface area contributed by atoms with Crippen LogP contribution in [0.1, 0.15) is 12.8 Å². The van der Waals surface area contributed by atoms with Gasteiger partial charge in [0, 0.05) is 19.2 Å². The van der Waals surface area contributed by atoms with Gasteiger partial charge in [0.05, 0.1) is 4.92 Å². The molecule has 0 spiro atoms. The Morgan fingerprint density at radius 3 is 2.90 bits per heavy atom. The standard InChI is InChI=1S/C14H18N4O3/c1-15-9-10-5-7-17(8-6-10)14-16-13-11(18(19)20)3-2-4-12(13)21-14/h2-4,10,15H,5-9H2,1H3. The molecule has 7 nitrogen and oxygen atoms in total. The molecule has 0 unspecified atom stereocenters.